The molecule has 1 atom stereocenters. The lowest BCUT2D eigenvalue weighted by molar-refractivity contribution is 0.191. The van der Waals surface area contributed by atoms with Crippen molar-refractivity contribution < 1.29 is 5.11 Å². The Morgan fingerprint density at radius 1 is 1.35 bits per heavy atom. The van der Waals surface area contributed by atoms with Gasteiger partial charge in [0.25, 0.3) is 0 Å². The number of aryl methyl sites for hydroxylation is 1. The van der Waals surface area contributed by atoms with E-state index in [-0.39, 0.29) is 0 Å². The molecule has 3 heteroatoms. The fourth-order valence-electron chi connectivity index (χ4n) is 2.28. The van der Waals surface area contributed by atoms with E-state index in [1.807, 2.05) is 11.8 Å². The average Bonchev–Trinajstić information content (AvgIpc) is 2.38. The van der Waals surface area contributed by atoms with Crippen LogP contribution in [-0.2, 0) is 0 Å². The molecule has 94 valence electrons. The van der Waals surface area contributed by atoms with E-state index in [4.69, 9.17) is 5.11 Å². The molecular weight excluding hydrogens is 230 g/mol. The van der Waals surface area contributed by atoms with Crippen molar-refractivity contribution in [3.8, 4) is 0 Å². The Morgan fingerprint density at radius 2 is 2.12 bits per heavy atom. The quantitative estimate of drug-likeness (QED) is 0.889. The van der Waals surface area contributed by atoms with E-state index in [0.29, 0.717) is 12.6 Å². The van der Waals surface area contributed by atoms with Gasteiger partial charge in [-0.15, -0.1) is 0 Å². The van der Waals surface area contributed by atoms with Crippen LogP contribution in [0.2, 0.25) is 0 Å². The van der Waals surface area contributed by atoms with Crippen molar-refractivity contribution in [2.45, 2.75) is 19.4 Å². The van der Waals surface area contributed by atoms with Crippen molar-refractivity contribution in [3.63, 3.8) is 0 Å². The van der Waals surface area contributed by atoms with Gasteiger partial charge in [0.05, 0.1) is 0 Å². The molecule has 2 nitrogen and oxygen atoms in total. The lowest BCUT2D eigenvalue weighted by Gasteiger charge is -2.35. The Bertz CT molecular complexity index is 339. The molecule has 0 radical (unpaired) electrons. The van der Waals surface area contributed by atoms with Gasteiger partial charge in [0.2, 0.25) is 0 Å². The average molecular weight is 251 g/mol. The summed E-state index contributed by atoms with van der Waals surface area (Å²) in [5, 5.41) is 8.96. The Morgan fingerprint density at radius 3 is 2.82 bits per heavy atom. The van der Waals surface area contributed by atoms with Gasteiger partial charge in [0.1, 0.15) is 0 Å². The Kier molecular flexibility index (Phi) is 4.89. The number of hydrogen-bond acceptors (Lipinski definition) is 3. The molecular formula is C14H21NOS. The van der Waals surface area contributed by atoms with Crippen LogP contribution < -0.4 is 0 Å². The fourth-order valence-corrected chi connectivity index (χ4v) is 3.43. The van der Waals surface area contributed by atoms with Gasteiger partial charge in [-0.2, -0.15) is 11.8 Å². The second-order valence-corrected chi connectivity index (χ2v) is 5.76. The predicted molar refractivity (Wildman–Crippen MR) is 74.5 cm³/mol. The van der Waals surface area contributed by atoms with Crippen LogP contribution in [0.4, 0.5) is 0 Å². The van der Waals surface area contributed by atoms with Crippen molar-refractivity contribution in [1.82, 2.24) is 4.90 Å². The lowest BCUT2D eigenvalue weighted by Crippen LogP contribution is -2.37. The topological polar surface area (TPSA) is 23.5 Å². The molecule has 1 saturated heterocycles. The summed E-state index contributed by atoms with van der Waals surface area (Å²) in [6, 6.07) is 9.41. The summed E-state index contributed by atoms with van der Waals surface area (Å²) in [5.41, 5.74) is 2.74. The van der Waals surface area contributed by atoms with Gasteiger partial charge < -0.3 is 5.11 Å². The summed E-state index contributed by atoms with van der Waals surface area (Å²) in [7, 11) is 0. The first-order valence-electron chi connectivity index (χ1n) is 6.30. The molecule has 0 amide bonds. The first kappa shape index (κ1) is 12.9. The van der Waals surface area contributed by atoms with E-state index in [1.54, 1.807) is 0 Å². The predicted octanol–water partition coefficient (Wildman–Crippen LogP) is 2.47. The third-order valence-electron chi connectivity index (χ3n) is 3.30. The largest absolute Gasteiger partial charge is 0.396 e. The molecule has 1 aromatic rings. The van der Waals surface area contributed by atoms with Crippen molar-refractivity contribution in [1.29, 1.82) is 0 Å². The molecule has 1 aliphatic rings. The zero-order chi connectivity index (χ0) is 12.1. The standard InChI is InChI=1S/C14H21NOS/c1-12-3-5-13(6-4-12)14-11-17-10-8-15(14)7-2-9-16/h3-6,14,16H,2,7-11H2,1H3/t14-/m0/s1. The fraction of sp³-hybridized carbons (Fsp3) is 0.571. The molecule has 1 aliphatic heterocycles. The summed E-state index contributed by atoms with van der Waals surface area (Å²) in [5.74, 6) is 2.39. The maximum Gasteiger partial charge on any atom is 0.0443 e. The maximum atomic E-state index is 8.96. The molecule has 1 fully saturated rings. The zero-order valence-corrected chi connectivity index (χ0v) is 11.2. The summed E-state index contributed by atoms with van der Waals surface area (Å²) in [4.78, 5) is 2.51. The van der Waals surface area contributed by atoms with E-state index in [1.165, 1.54) is 22.6 Å². The van der Waals surface area contributed by atoms with Crippen LogP contribution in [0, 0.1) is 6.92 Å². The van der Waals surface area contributed by atoms with Gasteiger partial charge >= 0.3 is 0 Å². The van der Waals surface area contributed by atoms with E-state index in [2.05, 4.69) is 36.1 Å². The highest BCUT2D eigenvalue weighted by atomic mass is 32.2. The van der Waals surface area contributed by atoms with Crippen LogP contribution in [0.15, 0.2) is 24.3 Å². The van der Waals surface area contributed by atoms with Gasteiger partial charge in [-0.1, -0.05) is 29.8 Å². The van der Waals surface area contributed by atoms with Crippen molar-refractivity contribution in [2.24, 2.45) is 0 Å². The molecule has 1 heterocycles. The maximum absolute atomic E-state index is 8.96. The molecule has 1 aromatic carbocycles. The van der Waals surface area contributed by atoms with E-state index < -0.39 is 0 Å². The number of rotatable bonds is 4. The lowest BCUT2D eigenvalue weighted by atomic mass is 10.0. The molecule has 2 rings (SSSR count). The first-order chi connectivity index (χ1) is 8.31. The van der Waals surface area contributed by atoms with Crippen LogP contribution in [0.25, 0.3) is 0 Å². The van der Waals surface area contributed by atoms with Crippen LogP contribution in [0.3, 0.4) is 0 Å². The highest BCUT2D eigenvalue weighted by molar-refractivity contribution is 7.99. The minimum absolute atomic E-state index is 0.296. The normalized spacial score (nSPS) is 21.6. The molecule has 0 spiro atoms. The van der Waals surface area contributed by atoms with Crippen LogP contribution >= 0.6 is 11.8 Å². The second kappa shape index (κ2) is 6.43. The summed E-state index contributed by atoms with van der Waals surface area (Å²) in [6.45, 7) is 4.58. The number of nitrogens with zero attached hydrogens (tertiary/aromatic N) is 1. The van der Waals surface area contributed by atoms with Gasteiger partial charge in [0, 0.05) is 37.2 Å². The zero-order valence-electron chi connectivity index (χ0n) is 10.4. The number of thioether (sulfide) groups is 1. The van der Waals surface area contributed by atoms with E-state index >= 15 is 0 Å². The smallest absolute Gasteiger partial charge is 0.0443 e. The van der Waals surface area contributed by atoms with Gasteiger partial charge in [-0.05, 0) is 18.9 Å². The monoisotopic (exact) mass is 251 g/mol. The van der Waals surface area contributed by atoms with Gasteiger partial charge in [0.15, 0.2) is 0 Å². The minimum Gasteiger partial charge on any atom is -0.396 e. The molecule has 0 aliphatic carbocycles. The molecule has 0 aromatic heterocycles. The Labute approximate surface area is 108 Å². The molecule has 1 N–H and O–H groups in total. The van der Waals surface area contributed by atoms with E-state index in [0.717, 1.165) is 19.5 Å². The van der Waals surface area contributed by atoms with Gasteiger partial charge in [-0.25, -0.2) is 0 Å². The molecule has 17 heavy (non-hydrogen) atoms. The van der Waals surface area contributed by atoms with Crippen molar-refractivity contribution in [3.05, 3.63) is 35.4 Å². The third-order valence-corrected chi connectivity index (χ3v) is 4.33. The Balaban J connectivity index is 2.07. The highest BCUT2D eigenvalue weighted by Gasteiger charge is 2.23. The number of aliphatic hydroxyl groups excluding tert-OH is 1. The summed E-state index contributed by atoms with van der Waals surface area (Å²) < 4.78 is 0. The number of aliphatic hydroxyl groups is 1. The Hall–Kier alpha value is -0.510. The molecule has 0 unspecified atom stereocenters. The summed E-state index contributed by atoms with van der Waals surface area (Å²) >= 11 is 2.04. The van der Waals surface area contributed by atoms with Crippen molar-refractivity contribution in [2.75, 3.05) is 31.2 Å². The van der Waals surface area contributed by atoms with Crippen LogP contribution in [0.5, 0.6) is 0 Å². The molecule has 0 saturated carbocycles. The third kappa shape index (κ3) is 3.47. The molecule has 0 bridgehead atoms. The second-order valence-electron chi connectivity index (χ2n) is 4.61. The van der Waals surface area contributed by atoms with Crippen molar-refractivity contribution >= 4 is 11.8 Å². The first-order valence-corrected chi connectivity index (χ1v) is 7.46. The van der Waals surface area contributed by atoms with Crippen LogP contribution in [-0.4, -0.2) is 41.2 Å². The van der Waals surface area contributed by atoms with Crippen LogP contribution in [0.1, 0.15) is 23.6 Å². The van der Waals surface area contributed by atoms with Gasteiger partial charge in [-0.3, -0.25) is 4.90 Å². The SMILES string of the molecule is Cc1ccc([C@@H]2CSCCN2CCCO)cc1. The van der Waals surface area contributed by atoms with E-state index in [9.17, 15) is 0 Å². The number of benzene rings is 1. The highest BCUT2D eigenvalue weighted by Crippen LogP contribution is 2.29. The minimum atomic E-state index is 0.296. The summed E-state index contributed by atoms with van der Waals surface area (Å²) in [6.07, 6.45) is 0.882. The number of hydrogen-bond donors (Lipinski definition) is 1.